The number of piperidine rings is 1. The number of likely N-dealkylation sites (tertiary alicyclic amines) is 1. The summed E-state index contributed by atoms with van der Waals surface area (Å²) in [5.74, 6) is 1.74. The number of hydrogen-bond donors (Lipinski definition) is 1. The lowest BCUT2D eigenvalue weighted by molar-refractivity contribution is 0.0190. The van der Waals surface area contributed by atoms with Crippen LogP contribution in [0.25, 0.3) is 0 Å². The molecule has 1 aliphatic heterocycles. The van der Waals surface area contributed by atoms with E-state index in [1.165, 1.54) is 45.2 Å². The van der Waals surface area contributed by atoms with Crippen molar-refractivity contribution in [1.29, 1.82) is 0 Å². The maximum atomic E-state index is 5.55. The minimum absolute atomic E-state index is 0.465. The average Bonchev–Trinajstić information content (AvgIpc) is 2.42. The summed E-state index contributed by atoms with van der Waals surface area (Å²) >= 11 is 0. The predicted octanol–water partition coefficient (Wildman–Crippen LogP) is 2.51. The molecule has 0 bridgehead atoms. The molecule has 1 saturated carbocycles. The van der Waals surface area contributed by atoms with Gasteiger partial charge in [0.25, 0.3) is 0 Å². The number of methoxy groups -OCH3 is 1. The Bertz CT molecular complexity index is 259. The quantitative estimate of drug-likeness (QED) is 0.829. The molecule has 0 radical (unpaired) electrons. The highest BCUT2D eigenvalue weighted by molar-refractivity contribution is 4.86. The number of rotatable bonds is 5. The van der Waals surface area contributed by atoms with Crippen LogP contribution in [0.2, 0.25) is 0 Å². The van der Waals surface area contributed by atoms with Crippen LogP contribution in [0.1, 0.15) is 46.0 Å². The summed E-state index contributed by atoms with van der Waals surface area (Å²) in [6, 6.07) is 0.740. The Hall–Kier alpha value is -0.120. The van der Waals surface area contributed by atoms with Crippen LogP contribution in [0, 0.1) is 11.8 Å². The van der Waals surface area contributed by atoms with E-state index in [4.69, 9.17) is 4.74 Å². The number of hydrogen-bond acceptors (Lipinski definition) is 3. The fraction of sp³-hybridized carbons (Fsp3) is 1.00. The topological polar surface area (TPSA) is 24.5 Å². The molecule has 1 heterocycles. The molecule has 4 atom stereocenters. The molecule has 112 valence electrons. The SMILES string of the molecule is CCNC1CCC(C)CC1CN1CCCC(OC)C1. The van der Waals surface area contributed by atoms with E-state index in [1.54, 1.807) is 0 Å². The van der Waals surface area contributed by atoms with Gasteiger partial charge in [0.1, 0.15) is 0 Å². The van der Waals surface area contributed by atoms with Gasteiger partial charge in [-0.25, -0.2) is 0 Å². The summed E-state index contributed by atoms with van der Waals surface area (Å²) < 4.78 is 5.55. The van der Waals surface area contributed by atoms with Crippen LogP contribution in [0.5, 0.6) is 0 Å². The zero-order valence-corrected chi connectivity index (χ0v) is 13.0. The molecule has 3 nitrogen and oxygen atoms in total. The van der Waals surface area contributed by atoms with Gasteiger partial charge in [0.2, 0.25) is 0 Å². The van der Waals surface area contributed by atoms with Gasteiger partial charge in [-0.15, -0.1) is 0 Å². The number of ether oxygens (including phenoxy) is 1. The minimum Gasteiger partial charge on any atom is -0.380 e. The largest absolute Gasteiger partial charge is 0.380 e. The lowest BCUT2D eigenvalue weighted by Crippen LogP contribution is -2.48. The first-order valence-electron chi connectivity index (χ1n) is 8.21. The predicted molar refractivity (Wildman–Crippen MR) is 80.4 cm³/mol. The van der Waals surface area contributed by atoms with E-state index in [9.17, 15) is 0 Å². The van der Waals surface area contributed by atoms with Crippen molar-refractivity contribution in [2.24, 2.45) is 11.8 Å². The summed E-state index contributed by atoms with van der Waals surface area (Å²) in [6.07, 6.45) is 7.16. The van der Waals surface area contributed by atoms with Gasteiger partial charge in [-0.3, -0.25) is 0 Å². The maximum Gasteiger partial charge on any atom is 0.0698 e. The molecule has 2 fully saturated rings. The molecular formula is C16H32N2O. The van der Waals surface area contributed by atoms with E-state index in [0.29, 0.717) is 6.10 Å². The van der Waals surface area contributed by atoms with Crippen molar-refractivity contribution in [2.75, 3.05) is 33.3 Å². The van der Waals surface area contributed by atoms with E-state index in [1.807, 2.05) is 7.11 Å². The fourth-order valence-corrected chi connectivity index (χ4v) is 3.93. The molecule has 3 heteroatoms. The molecule has 1 N–H and O–H groups in total. The Morgan fingerprint density at radius 2 is 2.11 bits per heavy atom. The normalized spacial score (nSPS) is 37.4. The zero-order valence-electron chi connectivity index (χ0n) is 13.0. The second-order valence-corrected chi connectivity index (χ2v) is 6.60. The zero-order chi connectivity index (χ0) is 13.7. The Kier molecular flexibility index (Phi) is 6.11. The van der Waals surface area contributed by atoms with Gasteiger partial charge in [-0.2, -0.15) is 0 Å². The summed E-state index contributed by atoms with van der Waals surface area (Å²) in [6.45, 7) is 9.43. The van der Waals surface area contributed by atoms with Crippen molar-refractivity contribution in [3.05, 3.63) is 0 Å². The van der Waals surface area contributed by atoms with E-state index < -0.39 is 0 Å². The summed E-state index contributed by atoms with van der Waals surface area (Å²) in [5.41, 5.74) is 0. The van der Waals surface area contributed by atoms with Gasteiger partial charge in [0.15, 0.2) is 0 Å². The van der Waals surface area contributed by atoms with Crippen LogP contribution in [-0.4, -0.2) is 50.3 Å². The molecule has 2 rings (SSSR count). The van der Waals surface area contributed by atoms with E-state index >= 15 is 0 Å². The fourth-order valence-electron chi connectivity index (χ4n) is 3.93. The van der Waals surface area contributed by atoms with Gasteiger partial charge in [0.05, 0.1) is 6.10 Å². The third-order valence-electron chi connectivity index (χ3n) is 5.00. The maximum absolute atomic E-state index is 5.55. The molecule has 1 saturated heterocycles. The number of nitrogens with one attached hydrogen (secondary N) is 1. The summed E-state index contributed by atoms with van der Waals surface area (Å²) in [4.78, 5) is 2.64. The van der Waals surface area contributed by atoms with Gasteiger partial charge >= 0.3 is 0 Å². The Morgan fingerprint density at radius 1 is 1.26 bits per heavy atom. The molecule has 0 aromatic heterocycles. The Labute approximate surface area is 119 Å². The second-order valence-electron chi connectivity index (χ2n) is 6.60. The summed E-state index contributed by atoms with van der Waals surface area (Å²) in [5, 5.41) is 3.71. The highest BCUT2D eigenvalue weighted by Gasteiger charge is 2.30. The highest BCUT2D eigenvalue weighted by atomic mass is 16.5. The van der Waals surface area contributed by atoms with Crippen molar-refractivity contribution in [3.8, 4) is 0 Å². The molecule has 1 aliphatic carbocycles. The highest BCUT2D eigenvalue weighted by Crippen LogP contribution is 2.30. The van der Waals surface area contributed by atoms with Crippen molar-refractivity contribution >= 4 is 0 Å². The molecule has 0 aromatic rings. The van der Waals surface area contributed by atoms with Crippen molar-refractivity contribution in [3.63, 3.8) is 0 Å². The van der Waals surface area contributed by atoms with Crippen molar-refractivity contribution in [2.45, 2.75) is 58.1 Å². The smallest absolute Gasteiger partial charge is 0.0698 e. The molecule has 4 unspecified atom stereocenters. The van der Waals surface area contributed by atoms with Gasteiger partial charge in [0, 0.05) is 26.2 Å². The van der Waals surface area contributed by atoms with Crippen LogP contribution in [-0.2, 0) is 4.74 Å². The standard InChI is InChI=1S/C16H32N2O/c1-4-17-16-8-7-13(2)10-14(16)11-18-9-5-6-15(12-18)19-3/h13-17H,4-12H2,1-3H3. The molecule has 0 aromatic carbocycles. The van der Waals surface area contributed by atoms with Gasteiger partial charge in [-0.1, -0.05) is 13.8 Å². The van der Waals surface area contributed by atoms with Gasteiger partial charge < -0.3 is 15.0 Å². The van der Waals surface area contributed by atoms with Crippen LogP contribution >= 0.6 is 0 Å². The first-order chi connectivity index (χ1) is 9.22. The molecule has 0 amide bonds. The van der Waals surface area contributed by atoms with E-state index in [0.717, 1.165) is 31.0 Å². The van der Waals surface area contributed by atoms with E-state index in [-0.39, 0.29) is 0 Å². The molecule has 0 spiro atoms. The third-order valence-corrected chi connectivity index (χ3v) is 5.00. The second kappa shape index (κ2) is 7.61. The van der Waals surface area contributed by atoms with Crippen LogP contribution in [0.15, 0.2) is 0 Å². The molecule has 2 aliphatic rings. The molecular weight excluding hydrogens is 236 g/mol. The minimum atomic E-state index is 0.465. The van der Waals surface area contributed by atoms with Crippen LogP contribution in [0.4, 0.5) is 0 Å². The van der Waals surface area contributed by atoms with Crippen LogP contribution < -0.4 is 5.32 Å². The van der Waals surface area contributed by atoms with E-state index in [2.05, 4.69) is 24.1 Å². The lowest BCUT2D eigenvalue weighted by Gasteiger charge is -2.40. The van der Waals surface area contributed by atoms with Crippen molar-refractivity contribution < 1.29 is 4.74 Å². The lowest BCUT2D eigenvalue weighted by atomic mass is 9.78. The number of nitrogens with zero attached hydrogens (tertiary/aromatic N) is 1. The first kappa shape index (κ1) is 15.3. The molecule has 19 heavy (non-hydrogen) atoms. The van der Waals surface area contributed by atoms with Crippen molar-refractivity contribution in [1.82, 2.24) is 10.2 Å². The third kappa shape index (κ3) is 4.44. The first-order valence-corrected chi connectivity index (χ1v) is 8.21. The van der Waals surface area contributed by atoms with Gasteiger partial charge in [-0.05, 0) is 57.0 Å². The Morgan fingerprint density at radius 3 is 2.84 bits per heavy atom. The van der Waals surface area contributed by atoms with Crippen LogP contribution in [0.3, 0.4) is 0 Å². The summed E-state index contributed by atoms with van der Waals surface area (Å²) in [7, 11) is 1.86. The average molecular weight is 268 g/mol. The monoisotopic (exact) mass is 268 g/mol. The Balaban J connectivity index is 1.86.